The van der Waals surface area contributed by atoms with Gasteiger partial charge in [-0.1, -0.05) is 6.07 Å². The highest BCUT2D eigenvalue weighted by Crippen LogP contribution is 2.29. The van der Waals surface area contributed by atoms with Crippen molar-refractivity contribution >= 4 is 0 Å². The van der Waals surface area contributed by atoms with Crippen LogP contribution in [0.25, 0.3) is 5.69 Å². The molecule has 2 N–H and O–H groups in total. The summed E-state index contributed by atoms with van der Waals surface area (Å²) in [5.74, 6) is 0.398. The number of hydrogen-bond donors (Lipinski definition) is 1. The normalized spacial score (nSPS) is 22.4. The fourth-order valence-electron chi connectivity index (χ4n) is 3.55. The number of aryl methyl sites for hydroxylation is 2. The average Bonchev–Trinajstić information content (AvgIpc) is 3.24. The van der Waals surface area contributed by atoms with Gasteiger partial charge in [0.2, 0.25) is 0 Å². The predicted octanol–water partition coefficient (Wildman–Crippen LogP) is 2.40. The third-order valence-corrected chi connectivity index (χ3v) is 4.84. The molecule has 2 atom stereocenters. The van der Waals surface area contributed by atoms with Gasteiger partial charge in [-0.05, 0) is 48.9 Å². The summed E-state index contributed by atoms with van der Waals surface area (Å²) in [6, 6.07) is 6.73. The summed E-state index contributed by atoms with van der Waals surface area (Å²) >= 11 is 0. The number of imidazole rings is 1. The maximum Gasteiger partial charge on any atom is 0.0994 e. The highest BCUT2D eigenvalue weighted by molar-refractivity contribution is 5.44. The number of rotatable bonds is 3. The summed E-state index contributed by atoms with van der Waals surface area (Å²) in [5, 5.41) is 0. The fourth-order valence-corrected chi connectivity index (χ4v) is 3.55. The molecule has 1 aliphatic carbocycles. The Kier molecular flexibility index (Phi) is 3.28. The van der Waals surface area contributed by atoms with Gasteiger partial charge in [-0.2, -0.15) is 0 Å². The third-order valence-electron chi connectivity index (χ3n) is 4.84. The molecule has 0 amide bonds. The van der Waals surface area contributed by atoms with Crippen molar-refractivity contribution in [2.75, 3.05) is 13.2 Å². The van der Waals surface area contributed by atoms with Crippen LogP contribution >= 0.6 is 0 Å². The Morgan fingerprint density at radius 1 is 1.29 bits per heavy atom. The van der Waals surface area contributed by atoms with Crippen LogP contribution in [0.15, 0.2) is 30.7 Å². The Hall–Kier alpha value is -1.65. The maximum atomic E-state index is 6.45. The van der Waals surface area contributed by atoms with Crippen LogP contribution in [0.5, 0.6) is 0 Å². The van der Waals surface area contributed by atoms with E-state index in [1.807, 2.05) is 12.5 Å². The molecular weight excluding hydrogens is 262 g/mol. The van der Waals surface area contributed by atoms with Crippen molar-refractivity contribution in [2.24, 2.45) is 11.7 Å². The molecule has 2 heterocycles. The Balaban J connectivity index is 1.68. The molecule has 0 radical (unpaired) electrons. The quantitative estimate of drug-likeness (QED) is 0.941. The first-order valence-corrected chi connectivity index (χ1v) is 7.80. The molecule has 2 aliphatic rings. The fraction of sp³-hybridized carbons (Fsp3) is 0.471. The molecule has 1 fully saturated rings. The van der Waals surface area contributed by atoms with Crippen molar-refractivity contribution < 1.29 is 4.74 Å². The van der Waals surface area contributed by atoms with Gasteiger partial charge in [-0.3, -0.25) is 0 Å². The van der Waals surface area contributed by atoms with Gasteiger partial charge >= 0.3 is 0 Å². The van der Waals surface area contributed by atoms with E-state index in [4.69, 9.17) is 10.5 Å². The molecule has 4 rings (SSSR count). The van der Waals surface area contributed by atoms with Gasteiger partial charge in [0.25, 0.3) is 0 Å². The molecule has 1 aliphatic heterocycles. The van der Waals surface area contributed by atoms with E-state index < -0.39 is 0 Å². The zero-order chi connectivity index (χ0) is 14.2. The number of nitrogens with two attached hydrogens (primary N) is 1. The van der Waals surface area contributed by atoms with E-state index >= 15 is 0 Å². The molecule has 21 heavy (non-hydrogen) atoms. The largest absolute Gasteiger partial charge is 0.381 e. The lowest BCUT2D eigenvalue weighted by Gasteiger charge is -2.19. The van der Waals surface area contributed by atoms with Crippen LogP contribution in [0.3, 0.4) is 0 Å². The third kappa shape index (κ3) is 2.28. The van der Waals surface area contributed by atoms with Crippen molar-refractivity contribution in [2.45, 2.75) is 31.7 Å². The number of hydrogen-bond acceptors (Lipinski definition) is 3. The lowest BCUT2D eigenvalue weighted by Crippen LogP contribution is -2.24. The number of benzene rings is 1. The first-order chi connectivity index (χ1) is 10.3. The minimum Gasteiger partial charge on any atom is -0.381 e. The highest BCUT2D eigenvalue weighted by Gasteiger charge is 2.26. The lowest BCUT2D eigenvalue weighted by molar-refractivity contribution is 0.180. The van der Waals surface area contributed by atoms with E-state index in [0.29, 0.717) is 5.92 Å². The van der Waals surface area contributed by atoms with Crippen LogP contribution in [0.1, 0.15) is 35.7 Å². The Labute approximate surface area is 124 Å². The molecule has 2 unspecified atom stereocenters. The van der Waals surface area contributed by atoms with Gasteiger partial charge in [-0.25, -0.2) is 4.98 Å². The SMILES string of the molecule is NC(c1cncn1-c1ccc2c(c1)CCC2)C1CCOC1. The van der Waals surface area contributed by atoms with E-state index in [1.54, 1.807) is 0 Å². The summed E-state index contributed by atoms with van der Waals surface area (Å²) in [6.45, 7) is 1.59. The second kappa shape index (κ2) is 5.28. The van der Waals surface area contributed by atoms with E-state index in [-0.39, 0.29) is 6.04 Å². The van der Waals surface area contributed by atoms with E-state index in [2.05, 4.69) is 27.8 Å². The number of ether oxygens (including phenoxy) is 1. The average molecular weight is 283 g/mol. The van der Waals surface area contributed by atoms with Gasteiger partial charge in [0, 0.05) is 18.2 Å². The topological polar surface area (TPSA) is 53.1 Å². The van der Waals surface area contributed by atoms with E-state index in [0.717, 1.165) is 25.3 Å². The lowest BCUT2D eigenvalue weighted by atomic mass is 9.97. The van der Waals surface area contributed by atoms with E-state index in [1.165, 1.54) is 36.1 Å². The summed E-state index contributed by atoms with van der Waals surface area (Å²) in [6.07, 6.45) is 8.49. The molecule has 0 bridgehead atoms. The zero-order valence-electron chi connectivity index (χ0n) is 12.2. The van der Waals surface area contributed by atoms with Crippen LogP contribution in [-0.2, 0) is 17.6 Å². The molecule has 1 saturated heterocycles. The summed E-state index contributed by atoms with van der Waals surface area (Å²) in [4.78, 5) is 4.33. The van der Waals surface area contributed by atoms with Crippen molar-refractivity contribution in [3.05, 3.63) is 47.5 Å². The highest BCUT2D eigenvalue weighted by atomic mass is 16.5. The zero-order valence-corrected chi connectivity index (χ0v) is 12.2. The molecule has 0 spiro atoms. The Morgan fingerprint density at radius 2 is 2.19 bits per heavy atom. The monoisotopic (exact) mass is 283 g/mol. The van der Waals surface area contributed by atoms with Crippen LogP contribution in [-0.4, -0.2) is 22.8 Å². The van der Waals surface area contributed by atoms with Crippen molar-refractivity contribution in [1.29, 1.82) is 0 Å². The molecule has 110 valence electrons. The number of aromatic nitrogens is 2. The second-order valence-corrected chi connectivity index (χ2v) is 6.14. The van der Waals surface area contributed by atoms with Crippen molar-refractivity contribution in [3.8, 4) is 5.69 Å². The van der Waals surface area contributed by atoms with Crippen molar-refractivity contribution in [3.63, 3.8) is 0 Å². The molecule has 1 aromatic heterocycles. The first-order valence-electron chi connectivity index (χ1n) is 7.80. The molecule has 2 aromatic rings. The van der Waals surface area contributed by atoms with Crippen molar-refractivity contribution in [1.82, 2.24) is 9.55 Å². The molecular formula is C17H21N3O. The molecule has 4 heteroatoms. The molecule has 0 saturated carbocycles. The summed E-state index contributed by atoms with van der Waals surface area (Å²) in [7, 11) is 0. The van der Waals surface area contributed by atoms with Gasteiger partial charge in [-0.15, -0.1) is 0 Å². The molecule has 4 nitrogen and oxygen atoms in total. The first kappa shape index (κ1) is 13.0. The van der Waals surface area contributed by atoms with Gasteiger partial charge in [0.1, 0.15) is 0 Å². The Bertz CT molecular complexity index is 643. The van der Waals surface area contributed by atoms with E-state index in [9.17, 15) is 0 Å². The summed E-state index contributed by atoms with van der Waals surface area (Å²) in [5.41, 5.74) is 11.7. The van der Waals surface area contributed by atoms with Crippen LogP contribution < -0.4 is 5.73 Å². The number of fused-ring (bicyclic) bond motifs is 1. The summed E-state index contributed by atoms with van der Waals surface area (Å²) < 4.78 is 7.61. The minimum atomic E-state index is -0.0109. The standard InChI is InChI=1S/C17H21N3O/c18-17(14-6-7-21-10-14)16-9-19-11-20(16)15-5-4-12-2-1-3-13(12)8-15/h4-5,8-9,11,14,17H,1-3,6-7,10,18H2. The van der Waals surface area contributed by atoms with Gasteiger partial charge in [0.05, 0.1) is 30.9 Å². The maximum absolute atomic E-state index is 6.45. The van der Waals surface area contributed by atoms with Gasteiger partial charge in [0.15, 0.2) is 0 Å². The smallest absolute Gasteiger partial charge is 0.0994 e. The molecule has 1 aromatic carbocycles. The van der Waals surface area contributed by atoms with Crippen LogP contribution in [0, 0.1) is 5.92 Å². The van der Waals surface area contributed by atoms with Gasteiger partial charge < -0.3 is 15.0 Å². The van der Waals surface area contributed by atoms with Crippen LogP contribution in [0.4, 0.5) is 0 Å². The predicted molar refractivity (Wildman–Crippen MR) is 81.4 cm³/mol. The minimum absolute atomic E-state index is 0.0109. The Morgan fingerprint density at radius 3 is 3.05 bits per heavy atom. The van der Waals surface area contributed by atoms with Crippen LogP contribution in [0.2, 0.25) is 0 Å². The second-order valence-electron chi connectivity index (χ2n) is 6.14. The number of nitrogens with zero attached hydrogens (tertiary/aromatic N) is 2.